The van der Waals surface area contributed by atoms with Crippen LogP contribution < -0.4 is 20.3 Å². The number of hydrogen-bond acceptors (Lipinski definition) is 4. The second-order valence-corrected chi connectivity index (χ2v) is 7.20. The van der Waals surface area contributed by atoms with E-state index in [4.69, 9.17) is 4.74 Å². The highest BCUT2D eigenvalue weighted by Crippen LogP contribution is 2.21. The third kappa shape index (κ3) is 6.89. The van der Waals surface area contributed by atoms with Crippen LogP contribution in [0.15, 0.2) is 54.6 Å². The Labute approximate surface area is 168 Å². The predicted octanol–water partition coefficient (Wildman–Crippen LogP) is 3.99. The highest BCUT2D eigenvalue weighted by atomic mass is 16.6. The molecule has 0 bridgehead atoms. The fourth-order valence-corrected chi connectivity index (χ4v) is 3.45. The van der Waals surface area contributed by atoms with Crippen molar-refractivity contribution in [3.05, 3.63) is 60.2 Å². The van der Waals surface area contributed by atoms with Crippen molar-refractivity contribution in [1.29, 1.82) is 0 Å². The smallest absolute Gasteiger partial charge is 0.410 e. The minimum atomic E-state index is -0.373. The molecule has 2 N–H and O–H groups in total. The normalized spacial score (nSPS) is 13.9. The predicted molar refractivity (Wildman–Crippen MR) is 114 cm³/mol. The van der Waals surface area contributed by atoms with Crippen molar-refractivity contribution in [2.75, 3.05) is 37.6 Å². The van der Waals surface area contributed by atoms with Crippen LogP contribution in [0.25, 0.3) is 0 Å². The van der Waals surface area contributed by atoms with Crippen molar-refractivity contribution >= 4 is 11.8 Å². The van der Waals surface area contributed by atoms with Gasteiger partial charge in [-0.15, -0.1) is 0 Å². The summed E-state index contributed by atoms with van der Waals surface area (Å²) in [5, 5.41) is 6.20. The average Bonchev–Trinajstić information content (AvgIpc) is 2.74. The van der Waals surface area contributed by atoms with Crippen molar-refractivity contribution in [3.63, 3.8) is 0 Å². The number of benzene rings is 2. The van der Waals surface area contributed by atoms with Gasteiger partial charge in [-0.3, -0.25) is 0 Å². The highest BCUT2D eigenvalue weighted by Gasteiger charge is 2.12. The molecule has 1 aliphatic rings. The van der Waals surface area contributed by atoms with Crippen molar-refractivity contribution in [1.82, 2.24) is 10.6 Å². The van der Waals surface area contributed by atoms with Crippen LogP contribution in [-0.2, 0) is 6.42 Å². The van der Waals surface area contributed by atoms with E-state index in [-0.39, 0.29) is 6.09 Å². The summed E-state index contributed by atoms with van der Waals surface area (Å²) in [7, 11) is 0. The molecule has 1 fully saturated rings. The number of rotatable bonds is 9. The van der Waals surface area contributed by atoms with Gasteiger partial charge in [-0.25, -0.2) is 4.79 Å². The molecule has 1 aliphatic heterocycles. The molecule has 5 nitrogen and oxygen atoms in total. The fourth-order valence-electron chi connectivity index (χ4n) is 3.45. The van der Waals surface area contributed by atoms with Gasteiger partial charge in [0.15, 0.2) is 0 Å². The quantitative estimate of drug-likeness (QED) is 0.645. The van der Waals surface area contributed by atoms with Gasteiger partial charge >= 0.3 is 6.09 Å². The van der Waals surface area contributed by atoms with E-state index in [1.807, 2.05) is 18.2 Å². The Hall–Kier alpha value is -2.53. The maximum absolute atomic E-state index is 12.0. The zero-order valence-corrected chi connectivity index (χ0v) is 16.5. The van der Waals surface area contributed by atoms with Gasteiger partial charge in [-0.1, -0.05) is 49.2 Å². The van der Waals surface area contributed by atoms with Gasteiger partial charge in [0.05, 0.1) is 0 Å². The molecule has 0 unspecified atom stereocenters. The fraction of sp³-hybridized carbons (Fsp3) is 0.435. The summed E-state index contributed by atoms with van der Waals surface area (Å²) >= 11 is 0. The topological polar surface area (TPSA) is 53.6 Å². The van der Waals surface area contributed by atoms with Gasteiger partial charge < -0.3 is 20.3 Å². The molecule has 5 heteroatoms. The average molecular weight is 382 g/mol. The summed E-state index contributed by atoms with van der Waals surface area (Å²) in [6, 6.07) is 18.3. The molecule has 0 aromatic heterocycles. The van der Waals surface area contributed by atoms with Crippen LogP contribution in [0.3, 0.4) is 0 Å². The number of piperazine rings is 1. The molecule has 150 valence electrons. The second kappa shape index (κ2) is 11.3. The Morgan fingerprint density at radius 3 is 2.57 bits per heavy atom. The lowest BCUT2D eigenvalue weighted by atomic mass is 10.1. The highest BCUT2D eigenvalue weighted by molar-refractivity contribution is 5.70. The minimum Gasteiger partial charge on any atom is -0.410 e. The van der Waals surface area contributed by atoms with Gasteiger partial charge in [0.2, 0.25) is 0 Å². The summed E-state index contributed by atoms with van der Waals surface area (Å²) in [6.07, 6.45) is 5.21. The summed E-state index contributed by atoms with van der Waals surface area (Å²) < 4.78 is 5.44. The Morgan fingerprint density at radius 1 is 0.964 bits per heavy atom. The Morgan fingerprint density at radius 2 is 1.75 bits per heavy atom. The van der Waals surface area contributed by atoms with E-state index < -0.39 is 0 Å². The van der Waals surface area contributed by atoms with Crippen LogP contribution in [0, 0.1) is 0 Å². The van der Waals surface area contributed by atoms with Crippen LogP contribution >= 0.6 is 0 Å². The molecule has 2 aromatic carbocycles. The van der Waals surface area contributed by atoms with Crippen molar-refractivity contribution in [2.24, 2.45) is 0 Å². The number of ether oxygens (including phenoxy) is 1. The molecular formula is C23H31N3O2. The summed E-state index contributed by atoms with van der Waals surface area (Å²) in [5.74, 6) is 0.594. The Bertz CT molecular complexity index is 715. The molecule has 2 aromatic rings. The molecule has 0 spiro atoms. The molecule has 0 aliphatic carbocycles. The lowest BCUT2D eigenvalue weighted by Gasteiger charge is -2.29. The molecule has 0 saturated carbocycles. The van der Waals surface area contributed by atoms with Crippen LogP contribution in [0.4, 0.5) is 10.5 Å². The lowest BCUT2D eigenvalue weighted by Crippen LogP contribution is -2.43. The molecule has 1 heterocycles. The lowest BCUT2D eigenvalue weighted by molar-refractivity contribution is 0.200. The SMILES string of the molecule is O=C(NCCCCCCc1ccccc1)Oc1cccc(N2CCNCC2)c1. The van der Waals surface area contributed by atoms with Crippen molar-refractivity contribution in [3.8, 4) is 5.75 Å². The summed E-state index contributed by atoms with van der Waals surface area (Å²) in [4.78, 5) is 14.3. The molecule has 3 rings (SSSR count). The van der Waals surface area contributed by atoms with Gasteiger partial charge in [-0.05, 0) is 37.0 Å². The maximum Gasteiger partial charge on any atom is 0.412 e. The number of carbonyl (C=O) groups excluding carboxylic acids is 1. The van der Waals surface area contributed by atoms with E-state index in [2.05, 4.69) is 51.9 Å². The summed E-state index contributed by atoms with van der Waals surface area (Å²) in [5.41, 5.74) is 2.50. The first-order chi connectivity index (χ1) is 13.8. The van der Waals surface area contributed by atoms with E-state index in [0.29, 0.717) is 12.3 Å². The Balaban J connectivity index is 1.29. The Kier molecular flexibility index (Phi) is 8.19. The van der Waals surface area contributed by atoms with E-state index in [9.17, 15) is 4.79 Å². The third-order valence-electron chi connectivity index (χ3n) is 5.01. The van der Waals surface area contributed by atoms with Gasteiger partial charge in [0.1, 0.15) is 5.75 Å². The number of aryl methyl sites for hydroxylation is 1. The number of nitrogens with one attached hydrogen (secondary N) is 2. The van der Waals surface area contributed by atoms with E-state index in [1.165, 1.54) is 18.4 Å². The van der Waals surface area contributed by atoms with Gasteiger partial charge in [0, 0.05) is 44.5 Å². The van der Waals surface area contributed by atoms with Crippen molar-refractivity contribution < 1.29 is 9.53 Å². The van der Waals surface area contributed by atoms with Gasteiger partial charge in [0.25, 0.3) is 0 Å². The first-order valence-corrected chi connectivity index (χ1v) is 10.4. The number of anilines is 1. The van der Waals surface area contributed by atoms with E-state index in [1.54, 1.807) is 0 Å². The zero-order valence-electron chi connectivity index (χ0n) is 16.5. The van der Waals surface area contributed by atoms with Crippen LogP contribution in [-0.4, -0.2) is 38.8 Å². The minimum absolute atomic E-state index is 0.373. The number of amides is 1. The standard InChI is InChI=1S/C23H31N3O2/c27-23(25-14-7-2-1-4-9-20-10-5-3-6-11-20)28-22-13-8-12-21(19-22)26-17-15-24-16-18-26/h3,5-6,8,10-13,19,24H,1-2,4,7,9,14-18H2,(H,25,27). The molecule has 1 saturated heterocycles. The zero-order chi connectivity index (χ0) is 19.4. The number of hydrogen-bond donors (Lipinski definition) is 2. The molecule has 28 heavy (non-hydrogen) atoms. The first kappa shape index (κ1) is 20.2. The van der Waals surface area contributed by atoms with E-state index in [0.717, 1.165) is 51.1 Å². The first-order valence-electron chi connectivity index (χ1n) is 10.4. The van der Waals surface area contributed by atoms with Crippen molar-refractivity contribution in [2.45, 2.75) is 32.1 Å². The number of carbonyl (C=O) groups is 1. The molecule has 0 atom stereocenters. The monoisotopic (exact) mass is 381 g/mol. The van der Waals surface area contributed by atoms with Crippen LogP contribution in [0.5, 0.6) is 5.75 Å². The second-order valence-electron chi connectivity index (χ2n) is 7.20. The number of unbranched alkanes of at least 4 members (excludes halogenated alkanes) is 3. The molecule has 1 amide bonds. The van der Waals surface area contributed by atoms with Gasteiger partial charge in [-0.2, -0.15) is 0 Å². The molecule has 0 radical (unpaired) electrons. The number of nitrogens with zero attached hydrogens (tertiary/aromatic N) is 1. The van der Waals surface area contributed by atoms with E-state index >= 15 is 0 Å². The third-order valence-corrected chi connectivity index (χ3v) is 5.01. The van der Waals surface area contributed by atoms with Crippen LogP contribution in [0.2, 0.25) is 0 Å². The molecular weight excluding hydrogens is 350 g/mol. The maximum atomic E-state index is 12.0. The summed E-state index contributed by atoms with van der Waals surface area (Å²) in [6.45, 7) is 4.56. The van der Waals surface area contributed by atoms with Crippen LogP contribution in [0.1, 0.15) is 31.2 Å². The largest absolute Gasteiger partial charge is 0.412 e.